The third-order valence-corrected chi connectivity index (χ3v) is 2.90. The van der Waals surface area contributed by atoms with Crippen molar-refractivity contribution in [3.8, 4) is 0 Å². The molecule has 0 saturated heterocycles. The predicted molar refractivity (Wildman–Crippen MR) is 73.0 cm³/mol. The summed E-state index contributed by atoms with van der Waals surface area (Å²) in [6.45, 7) is 1.83. The molecule has 0 aliphatic rings. The molecular formula is C14H12N4O. The fourth-order valence-electron chi connectivity index (χ4n) is 1.91. The van der Waals surface area contributed by atoms with E-state index in [0.29, 0.717) is 11.4 Å². The minimum atomic E-state index is -0.216. The molecule has 0 spiro atoms. The number of benzene rings is 1. The third kappa shape index (κ3) is 2.18. The molecule has 0 fully saturated rings. The summed E-state index contributed by atoms with van der Waals surface area (Å²) in [5, 5.41) is 10.3. The van der Waals surface area contributed by atoms with Crippen LogP contribution in [0, 0.1) is 6.92 Å². The highest BCUT2D eigenvalue weighted by Crippen LogP contribution is 2.16. The van der Waals surface area contributed by atoms with Gasteiger partial charge in [0.25, 0.3) is 5.91 Å². The smallest absolute Gasteiger partial charge is 0.273 e. The number of fused-ring (bicyclic) bond motifs is 1. The van der Waals surface area contributed by atoms with E-state index in [0.717, 1.165) is 16.5 Å². The quantitative estimate of drug-likeness (QED) is 0.736. The maximum Gasteiger partial charge on any atom is 0.273 e. The van der Waals surface area contributed by atoms with Crippen LogP contribution in [0.3, 0.4) is 0 Å². The van der Waals surface area contributed by atoms with Crippen molar-refractivity contribution in [1.29, 1.82) is 0 Å². The molecule has 1 amide bonds. The van der Waals surface area contributed by atoms with Crippen molar-refractivity contribution in [1.82, 2.24) is 15.2 Å². The molecule has 5 heteroatoms. The summed E-state index contributed by atoms with van der Waals surface area (Å²) < 4.78 is 0. The molecule has 94 valence electrons. The number of aromatic nitrogens is 3. The van der Waals surface area contributed by atoms with Crippen LogP contribution >= 0.6 is 0 Å². The second-order valence-corrected chi connectivity index (χ2v) is 4.30. The van der Waals surface area contributed by atoms with Gasteiger partial charge in [-0.1, -0.05) is 18.2 Å². The molecule has 5 nitrogen and oxygen atoms in total. The van der Waals surface area contributed by atoms with Gasteiger partial charge in [0.15, 0.2) is 0 Å². The molecule has 0 aliphatic carbocycles. The molecule has 2 N–H and O–H groups in total. The standard InChI is InChI=1S/C14H12N4O/c1-9-7-16-18-13(9)14(19)17-11-6-10-4-2-3-5-12(10)15-8-11/h2-8H,1H3,(H,16,18)(H,17,19). The Hall–Kier alpha value is -2.69. The summed E-state index contributed by atoms with van der Waals surface area (Å²) in [6, 6.07) is 9.65. The Labute approximate surface area is 109 Å². The van der Waals surface area contributed by atoms with Crippen molar-refractivity contribution in [2.75, 3.05) is 5.32 Å². The molecule has 19 heavy (non-hydrogen) atoms. The van der Waals surface area contributed by atoms with Crippen LogP contribution < -0.4 is 5.32 Å². The number of H-pyrrole nitrogens is 1. The Bertz CT molecular complexity index is 748. The van der Waals surface area contributed by atoms with E-state index >= 15 is 0 Å². The highest BCUT2D eigenvalue weighted by Gasteiger charge is 2.11. The second kappa shape index (κ2) is 4.53. The van der Waals surface area contributed by atoms with Gasteiger partial charge in [-0.2, -0.15) is 5.10 Å². The highest BCUT2D eigenvalue weighted by atomic mass is 16.1. The first-order chi connectivity index (χ1) is 9.24. The summed E-state index contributed by atoms with van der Waals surface area (Å²) in [5.41, 5.74) is 2.84. The van der Waals surface area contributed by atoms with Crippen molar-refractivity contribution in [2.45, 2.75) is 6.92 Å². The molecule has 0 aliphatic heterocycles. The largest absolute Gasteiger partial charge is 0.319 e. The van der Waals surface area contributed by atoms with Crippen LogP contribution in [-0.4, -0.2) is 21.1 Å². The zero-order valence-electron chi connectivity index (χ0n) is 10.3. The number of hydrogen-bond donors (Lipinski definition) is 2. The van der Waals surface area contributed by atoms with E-state index in [1.165, 1.54) is 0 Å². The molecule has 0 radical (unpaired) electrons. The van der Waals surface area contributed by atoms with Gasteiger partial charge in [0.1, 0.15) is 5.69 Å². The molecule has 0 atom stereocenters. The first kappa shape index (κ1) is 11.4. The van der Waals surface area contributed by atoms with Crippen LogP contribution in [-0.2, 0) is 0 Å². The molecule has 3 aromatic rings. The topological polar surface area (TPSA) is 70.7 Å². The predicted octanol–water partition coefficient (Wildman–Crippen LogP) is 2.52. The van der Waals surface area contributed by atoms with Crippen molar-refractivity contribution in [3.05, 3.63) is 54.0 Å². The summed E-state index contributed by atoms with van der Waals surface area (Å²) in [4.78, 5) is 16.3. The van der Waals surface area contributed by atoms with Crippen LogP contribution in [0.2, 0.25) is 0 Å². The zero-order valence-corrected chi connectivity index (χ0v) is 10.3. The summed E-state index contributed by atoms with van der Waals surface area (Å²) >= 11 is 0. The lowest BCUT2D eigenvalue weighted by molar-refractivity contribution is 0.102. The van der Waals surface area contributed by atoms with Gasteiger partial charge in [0.05, 0.1) is 23.6 Å². The first-order valence-electron chi connectivity index (χ1n) is 5.90. The van der Waals surface area contributed by atoms with Gasteiger partial charge in [-0.3, -0.25) is 14.9 Å². The Morgan fingerprint density at radius 1 is 1.26 bits per heavy atom. The number of hydrogen-bond acceptors (Lipinski definition) is 3. The Balaban J connectivity index is 1.89. The van der Waals surface area contributed by atoms with Crippen LogP contribution in [0.4, 0.5) is 5.69 Å². The number of nitrogens with zero attached hydrogens (tertiary/aromatic N) is 2. The van der Waals surface area contributed by atoms with E-state index < -0.39 is 0 Å². The molecule has 0 saturated carbocycles. The molecule has 3 rings (SSSR count). The van der Waals surface area contributed by atoms with Crippen molar-refractivity contribution in [2.24, 2.45) is 0 Å². The van der Waals surface area contributed by atoms with Crippen LogP contribution in [0.15, 0.2) is 42.7 Å². The second-order valence-electron chi connectivity index (χ2n) is 4.30. The fourth-order valence-corrected chi connectivity index (χ4v) is 1.91. The van der Waals surface area contributed by atoms with E-state index in [2.05, 4.69) is 20.5 Å². The van der Waals surface area contributed by atoms with Gasteiger partial charge in [-0.05, 0) is 24.6 Å². The summed E-state index contributed by atoms with van der Waals surface area (Å²) in [5.74, 6) is -0.216. The van der Waals surface area contributed by atoms with E-state index in [1.54, 1.807) is 12.4 Å². The normalized spacial score (nSPS) is 10.6. The van der Waals surface area contributed by atoms with Gasteiger partial charge in [-0.15, -0.1) is 0 Å². The Morgan fingerprint density at radius 3 is 2.89 bits per heavy atom. The number of anilines is 1. The number of pyridine rings is 1. The molecule has 2 aromatic heterocycles. The number of rotatable bonds is 2. The average molecular weight is 252 g/mol. The highest BCUT2D eigenvalue weighted by molar-refractivity contribution is 6.04. The van der Waals surface area contributed by atoms with Gasteiger partial charge in [0.2, 0.25) is 0 Å². The Kier molecular flexibility index (Phi) is 2.72. The van der Waals surface area contributed by atoms with Gasteiger partial charge >= 0.3 is 0 Å². The zero-order chi connectivity index (χ0) is 13.2. The number of nitrogens with one attached hydrogen (secondary N) is 2. The van der Waals surface area contributed by atoms with E-state index in [1.807, 2.05) is 37.3 Å². The van der Waals surface area contributed by atoms with E-state index in [9.17, 15) is 4.79 Å². The number of carbonyl (C=O) groups excluding carboxylic acids is 1. The third-order valence-electron chi connectivity index (χ3n) is 2.90. The van der Waals surface area contributed by atoms with Gasteiger partial charge < -0.3 is 5.32 Å². The molecule has 1 aromatic carbocycles. The van der Waals surface area contributed by atoms with Crippen LogP contribution in [0.1, 0.15) is 16.1 Å². The van der Waals surface area contributed by atoms with Crippen LogP contribution in [0.25, 0.3) is 10.9 Å². The Morgan fingerprint density at radius 2 is 2.11 bits per heavy atom. The minimum Gasteiger partial charge on any atom is -0.319 e. The van der Waals surface area contributed by atoms with Crippen molar-refractivity contribution < 1.29 is 4.79 Å². The molecule has 0 bridgehead atoms. The minimum absolute atomic E-state index is 0.216. The van der Waals surface area contributed by atoms with Gasteiger partial charge in [-0.25, -0.2) is 0 Å². The van der Waals surface area contributed by atoms with Crippen molar-refractivity contribution in [3.63, 3.8) is 0 Å². The SMILES string of the molecule is Cc1cn[nH]c1C(=O)Nc1cnc2ccccc2c1. The fraction of sp³-hybridized carbons (Fsp3) is 0.0714. The average Bonchev–Trinajstić information content (AvgIpc) is 2.85. The monoisotopic (exact) mass is 252 g/mol. The van der Waals surface area contributed by atoms with E-state index in [-0.39, 0.29) is 5.91 Å². The first-order valence-corrected chi connectivity index (χ1v) is 5.90. The van der Waals surface area contributed by atoms with Crippen molar-refractivity contribution >= 4 is 22.5 Å². The maximum atomic E-state index is 12.0. The molecule has 2 heterocycles. The number of aryl methyl sites for hydroxylation is 1. The number of para-hydroxylation sites is 1. The van der Waals surface area contributed by atoms with Gasteiger partial charge in [0, 0.05) is 5.39 Å². The lowest BCUT2D eigenvalue weighted by Gasteiger charge is -2.05. The maximum absolute atomic E-state index is 12.0. The van der Waals surface area contributed by atoms with Crippen LogP contribution in [0.5, 0.6) is 0 Å². The lowest BCUT2D eigenvalue weighted by Crippen LogP contribution is -2.13. The number of aromatic amines is 1. The number of amides is 1. The molecular weight excluding hydrogens is 240 g/mol. The summed E-state index contributed by atoms with van der Waals surface area (Å²) in [6.07, 6.45) is 3.26. The molecule has 0 unspecified atom stereocenters. The summed E-state index contributed by atoms with van der Waals surface area (Å²) in [7, 11) is 0. The van der Waals surface area contributed by atoms with E-state index in [4.69, 9.17) is 0 Å². The number of carbonyl (C=O) groups is 1. The lowest BCUT2D eigenvalue weighted by atomic mass is 10.2.